The fourth-order valence-corrected chi connectivity index (χ4v) is 3.77. The molecule has 0 spiro atoms. The van der Waals surface area contributed by atoms with E-state index in [1.165, 1.54) is 11.5 Å². The highest BCUT2D eigenvalue weighted by Crippen LogP contribution is 2.37. The van der Waals surface area contributed by atoms with E-state index in [0.717, 1.165) is 25.8 Å². The molecule has 1 heterocycles. The molecular weight excluding hydrogens is 288 g/mol. The summed E-state index contributed by atoms with van der Waals surface area (Å²) in [4.78, 5) is 5.63. The summed E-state index contributed by atoms with van der Waals surface area (Å²) in [5.74, 6) is 1.54. The Bertz CT molecular complexity index is 752. The van der Waals surface area contributed by atoms with E-state index in [4.69, 9.17) is 0 Å². The van der Waals surface area contributed by atoms with Gasteiger partial charge in [0.2, 0.25) is 0 Å². The molecule has 1 aromatic heterocycles. The van der Waals surface area contributed by atoms with E-state index in [1.54, 1.807) is 17.8 Å². The molecule has 0 aliphatic carbocycles. The van der Waals surface area contributed by atoms with Gasteiger partial charge >= 0.3 is 0 Å². The molecule has 0 saturated heterocycles. The number of nitrogens with zero attached hydrogens (tertiary/aromatic N) is 2. The maximum absolute atomic E-state index is 9.90. The second-order valence-electron chi connectivity index (χ2n) is 4.80. The van der Waals surface area contributed by atoms with Crippen LogP contribution in [0.2, 0.25) is 0 Å². The number of hydrogen-bond acceptors (Lipinski definition) is 5. The first-order valence-electron chi connectivity index (χ1n) is 6.37. The zero-order chi connectivity index (χ0) is 14.1. The summed E-state index contributed by atoms with van der Waals surface area (Å²) in [6.45, 7) is 4.18. The van der Waals surface area contributed by atoms with Gasteiger partial charge in [-0.2, -0.15) is 4.37 Å². The number of hydrogen-bond donors (Lipinski definition) is 1. The van der Waals surface area contributed by atoms with Crippen LogP contribution in [-0.2, 0) is 0 Å². The number of fused-ring (bicyclic) bond motifs is 1. The zero-order valence-electron chi connectivity index (χ0n) is 11.2. The van der Waals surface area contributed by atoms with Crippen molar-refractivity contribution in [2.75, 3.05) is 0 Å². The van der Waals surface area contributed by atoms with Gasteiger partial charge in [0.1, 0.15) is 11.6 Å². The molecule has 0 bridgehead atoms. The minimum Gasteiger partial charge on any atom is -0.507 e. The van der Waals surface area contributed by atoms with E-state index in [-0.39, 0.29) is 0 Å². The maximum Gasteiger partial charge on any atom is 0.174 e. The molecule has 102 valence electrons. The van der Waals surface area contributed by atoms with Crippen molar-refractivity contribution in [3.8, 4) is 5.75 Å². The lowest BCUT2D eigenvalue weighted by atomic mass is 10.1. The number of rotatable bonds is 3. The molecule has 20 heavy (non-hydrogen) atoms. The van der Waals surface area contributed by atoms with Crippen molar-refractivity contribution in [2.24, 2.45) is 0 Å². The summed E-state index contributed by atoms with van der Waals surface area (Å²) in [5, 5.41) is 11.8. The zero-order valence-corrected chi connectivity index (χ0v) is 12.8. The summed E-state index contributed by atoms with van der Waals surface area (Å²) in [6.07, 6.45) is 0. The number of aromatic nitrogens is 2. The van der Waals surface area contributed by atoms with Gasteiger partial charge in [0, 0.05) is 16.2 Å². The van der Waals surface area contributed by atoms with Crippen molar-refractivity contribution in [1.82, 2.24) is 9.36 Å². The Hall–Kier alpha value is -1.59. The highest BCUT2D eigenvalue weighted by Gasteiger charge is 2.11. The van der Waals surface area contributed by atoms with E-state index in [1.807, 2.05) is 30.3 Å². The Labute approximate surface area is 125 Å². The Morgan fingerprint density at radius 3 is 2.55 bits per heavy atom. The topological polar surface area (TPSA) is 46.0 Å². The monoisotopic (exact) mass is 302 g/mol. The highest BCUT2D eigenvalue weighted by molar-refractivity contribution is 8.01. The minimum absolute atomic E-state index is 0.310. The second kappa shape index (κ2) is 5.42. The van der Waals surface area contributed by atoms with Crippen LogP contribution in [0.4, 0.5) is 0 Å². The van der Waals surface area contributed by atoms with Crippen LogP contribution < -0.4 is 0 Å². The van der Waals surface area contributed by atoms with Gasteiger partial charge in [-0.1, -0.05) is 49.9 Å². The second-order valence-corrected chi connectivity index (χ2v) is 6.84. The summed E-state index contributed by atoms with van der Waals surface area (Å²) in [7, 11) is 0. The van der Waals surface area contributed by atoms with E-state index < -0.39 is 0 Å². The molecule has 3 rings (SSSR count). The van der Waals surface area contributed by atoms with Crippen LogP contribution in [0.15, 0.2) is 45.6 Å². The largest absolute Gasteiger partial charge is 0.507 e. The van der Waals surface area contributed by atoms with Gasteiger partial charge in [0.05, 0.1) is 0 Å². The summed E-state index contributed by atoms with van der Waals surface area (Å²) in [6, 6.07) is 11.5. The third-order valence-electron chi connectivity index (χ3n) is 3.00. The van der Waals surface area contributed by atoms with Crippen molar-refractivity contribution in [3.63, 3.8) is 0 Å². The average Bonchev–Trinajstić information content (AvgIpc) is 2.91. The molecule has 0 aliphatic heterocycles. The Morgan fingerprint density at radius 1 is 1.10 bits per heavy atom. The van der Waals surface area contributed by atoms with Gasteiger partial charge in [0.25, 0.3) is 0 Å². The van der Waals surface area contributed by atoms with Crippen molar-refractivity contribution in [3.05, 3.63) is 42.2 Å². The molecule has 0 aliphatic rings. The molecular formula is C15H14N2OS2. The van der Waals surface area contributed by atoms with Gasteiger partial charge in [-0.15, -0.1) is 0 Å². The van der Waals surface area contributed by atoms with Gasteiger partial charge < -0.3 is 5.11 Å². The molecule has 3 aromatic rings. The van der Waals surface area contributed by atoms with Crippen LogP contribution in [0.3, 0.4) is 0 Å². The van der Waals surface area contributed by atoms with Crippen LogP contribution in [0.25, 0.3) is 10.8 Å². The molecule has 3 nitrogen and oxygen atoms in total. The van der Waals surface area contributed by atoms with E-state index >= 15 is 0 Å². The standard InChI is InChI=1S/C15H14N2OS2/c1-9(2)14-16-15(20-17-14)19-13-8-7-12(18)10-5-3-4-6-11(10)13/h3-9,18H,1-2H3. The van der Waals surface area contributed by atoms with Gasteiger partial charge in [-0.05, 0) is 29.1 Å². The van der Waals surface area contributed by atoms with Gasteiger partial charge in [-0.25, -0.2) is 4.98 Å². The van der Waals surface area contributed by atoms with Gasteiger partial charge in [0.15, 0.2) is 4.34 Å². The first-order valence-corrected chi connectivity index (χ1v) is 7.96. The van der Waals surface area contributed by atoms with Crippen molar-refractivity contribution in [1.29, 1.82) is 0 Å². The van der Waals surface area contributed by atoms with E-state index in [0.29, 0.717) is 11.7 Å². The normalized spacial score (nSPS) is 11.3. The van der Waals surface area contributed by atoms with Crippen LogP contribution in [-0.4, -0.2) is 14.5 Å². The van der Waals surface area contributed by atoms with Crippen molar-refractivity contribution in [2.45, 2.75) is 29.0 Å². The first-order chi connectivity index (χ1) is 9.65. The molecule has 1 N–H and O–H groups in total. The lowest BCUT2D eigenvalue weighted by molar-refractivity contribution is 0.481. The minimum atomic E-state index is 0.310. The SMILES string of the molecule is CC(C)c1nsc(Sc2ccc(O)c3ccccc23)n1. The molecule has 0 atom stereocenters. The highest BCUT2D eigenvalue weighted by atomic mass is 32.2. The number of phenolic OH excluding ortho intramolecular Hbond substituents is 1. The first kappa shape index (κ1) is 13.4. The third-order valence-corrected chi connectivity index (χ3v) is 4.84. The Balaban J connectivity index is 2.00. The Kier molecular flexibility index (Phi) is 3.63. The molecule has 5 heteroatoms. The lowest BCUT2D eigenvalue weighted by Crippen LogP contribution is -1.88. The number of aromatic hydroxyl groups is 1. The quantitative estimate of drug-likeness (QED) is 0.763. The van der Waals surface area contributed by atoms with Crippen molar-refractivity contribution >= 4 is 34.1 Å². The van der Waals surface area contributed by atoms with E-state index in [9.17, 15) is 5.11 Å². The summed E-state index contributed by atoms with van der Waals surface area (Å²) < 4.78 is 5.30. The molecule has 0 unspecified atom stereocenters. The molecule has 2 aromatic carbocycles. The summed E-state index contributed by atoms with van der Waals surface area (Å²) >= 11 is 3.02. The Morgan fingerprint density at radius 2 is 1.85 bits per heavy atom. The number of benzene rings is 2. The average molecular weight is 302 g/mol. The smallest absolute Gasteiger partial charge is 0.174 e. The van der Waals surface area contributed by atoms with Crippen molar-refractivity contribution < 1.29 is 5.11 Å². The molecule has 0 radical (unpaired) electrons. The van der Waals surface area contributed by atoms with Crippen LogP contribution in [0, 0.1) is 0 Å². The lowest BCUT2D eigenvalue weighted by Gasteiger charge is -2.05. The van der Waals surface area contributed by atoms with Crippen LogP contribution >= 0.6 is 23.3 Å². The molecule has 0 amide bonds. The maximum atomic E-state index is 9.90. The molecule has 0 saturated carbocycles. The van der Waals surface area contributed by atoms with Crippen LogP contribution in [0.1, 0.15) is 25.6 Å². The third kappa shape index (κ3) is 2.51. The predicted octanol–water partition coefficient (Wildman–Crippen LogP) is 4.67. The predicted molar refractivity (Wildman–Crippen MR) is 83.7 cm³/mol. The number of phenols is 1. The van der Waals surface area contributed by atoms with Crippen LogP contribution in [0.5, 0.6) is 5.75 Å². The van der Waals surface area contributed by atoms with Gasteiger partial charge in [-0.3, -0.25) is 0 Å². The fraction of sp³-hybridized carbons (Fsp3) is 0.200. The van der Waals surface area contributed by atoms with E-state index in [2.05, 4.69) is 23.2 Å². The summed E-state index contributed by atoms with van der Waals surface area (Å²) in [5.41, 5.74) is 0. The fourth-order valence-electron chi connectivity index (χ4n) is 1.93. The molecule has 0 fully saturated rings.